The summed E-state index contributed by atoms with van der Waals surface area (Å²) in [7, 11) is 0. The van der Waals surface area contributed by atoms with Gasteiger partial charge in [0.2, 0.25) is 0 Å². The third-order valence-electron chi connectivity index (χ3n) is 6.04. The molecule has 0 atom stereocenters. The van der Waals surface area contributed by atoms with Gasteiger partial charge in [0.15, 0.2) is 5.11 Å². The molecule has 0 saturated carbocycles. The Kier molecular flexibility index (Phi) is 5.60. The van der Waals surface area contributed by atoms with Crippen LogP contribution in [0.2, 0.25) is 0 Å². The summed E-state index contributed by atoms with van der Waals surface area (Å²) >= 11 is 6.93. The van der Waals surface area contributed by atoms with Crippen molar-refractivity contribution in [2.45, 2.75) is 32.9 Å². The van der Waals surface area contributed by atoms with Crippen LogP contribution in [0.15, 0.2) is 48.1 Å². The highest BCUT2D eigenvalue weighted by Gasteiger charge is 2.50. The second kappa shape index (κ2) is 8.51. The average Bonchev–Trinajstić information content (AvgIpc) is 3.50. The predicted octanol–water partition coefficient (Wildman–Crippen LogP) is 4.31. The smallest absolute Gasteiger partial charge is 0.263 e. The molecule has 0 spiro atoms. The molecule has 5 rings (SSSR count). The van der Waals surface area contributed by atoms with Crippen LogP contribution in [-0.4, -0.2) is 37.6 Å². The molecule has 3 heterocycles. The monoisotopic (exact) mass is 508 g/mol. The van der Waals surface area contributed by atoms with E-state index in [0.29, 0.717) is 27.5 Å². The minimum atomic E-state index is -1.04. The number of rotatable bonds is 5. The summed E-state index contributed by atoms with van der Waals surface area (Å²) in [5.74, 6) is -1.03. The molecule has 0 radical (unpaired) electrons. The van der Waals surface area contributed by atoms with E-state index in [1.807, 2.05) is 12.1 Å². The lowest BCUT2D eigenvalue weighted by molar-refractivity contribution is -0.120. The van der Waals surface area contributed by atoms with Gasteiger partial charge in [0.1, 0.15) is 16.2 Å². The fraction of sp³-hybridized carbons (Fsp3) is 0.208. The van der Waals surface area contributed by atoms with E-state index in [0.717, 1.165) is 10.9 Å². The van der Waals surface area contributed by atoms with E-state index in [4.69, 9.17) is 12.2 Å². The molecule has 1 fully saturated rings. The predicted molar refractivity (Wildman–Crippen MR) is 137 cm³/mol. The number of carbonyl (C=O) groups is 2. The zero-order valence-corrected chi connectivity index (χ0v) is 20.8. The second-order valence-electron chi connectivity index (χ2n) is 8.68. The van der Waals surface area contributed by atoms with Crippen molar-refractivity contribution < 1.29 is 14.0 Å². The first-order chi connectivity index (χ1) is 16.7. The van der Waals surface area contributed by atoms with Crippen molar-refractivity contribution in [3.63, 3.8) is 0 Å². The minimum Gasteiger partial charge on any atom is -0.347 e. The molecule has 178 valence electrons. The van der Waals surface area contributed by atoms with E-state index in [-0.39, 0.29) is 23.5 Å². The van der Waals surface area contributed by atoms with Gasteiger partial charge in [-0.2, -0.15) is 5.10 Å². The van der Waals surface area contributed by atoms with E-state index >= 15 is 4.39 Å². The lowest BCUT2D eigenvalue weighted by atomic mass is 10.0. The van der Waals surface area contributed by atoms with Crippen LogP contribution < -0.4 is 15.1 Å². The molecule has 4 aromatic rings. The van der Waals surface area contributed by atoms with E-state index in [1.54, 1.807) is 55.6 Å². The molecule has 8 nitrogen and oxygen atoms in total. The van der Waals surface area contributed by atoms with Crippen LogP contribution >= 0.6 is 23.6 Å². The summed E-state index contributed by atoms with van der Waals surface area (Å²) in [5.41, 5.74) is 3.34. The van der Waals surface area contributed by atoms with Gasteiger partial charge in [0, 0.05) is 23.2 Å². The Labute approximate surface area is 209 Å². The maximum atomic E-state index is 15.1. The molecule has 0 unspecified atom stereocenters. The number of aryl methyl sites for hydroxylation is 1. The molecule has 2 N–H and O–H groups in total. The number of hydrogen-bond donors (Lipinski definition) is 2. The zero-order valence-electron chi connectivity index (χ0n) is 19.1. The summed E-state index contributed by atoms with van der Waals surface area (Å²) in [5, 5.41) is 10.8. The van der Waals surface area contributed by atoms with Crippen molar-refractivity contribution in [3.05, 3.63) is 70.1 Å². The van der Waals surface area contributed by atoms with Crippen molar-refractivity contribution in [2.75, 3.05) is 9.80 Å². The number of halogens is 1. The zero-order chi connectivity index (χ0) is 24.9. The quantitative estimate of drug-likeness (QED) is 0.390. The lowest BCUT2D eigenvalue weighted by Crippen LogP contribution is -2.44. The third-order valence-corrected chi connectivity index (χ3v) is 7.33. The van der Waals surface area contributed by atoms with Crippen LogP contribution in [0.4, 0.5) is 15.8 Å². The maximum absolute atomic E-state index is 15.1. The van der Waals surface area contributed by atoms with Crippen LogP contribution in [0.5, 0.6) is 0 Å². The van der Waals surface area contributed by atoms with Crippen LogP contribution in [0.25, 0.3) is 10.9 Å². The Morgan fingerprint density at radius 2 is 2.00 bits per heavy atom. The van der Waals surface area contributed by atoms with E-state index in [9.17, 15) is 9.59 Å². The highest BCUT2D eigenvalue weighted by Crippen LogP contribution is 2.37. The van der Waals surface area contributed by atoms with Crippen LogP contribution in [0.1, 0.15) is 34.8 Å². The van der Waals surface area contributed by atoms with Crippen molar-refractivity contribution in [2.24, 2.45) is 0 Å². The number of benzene rings is 2. The van der Waals surface area contributed by atoms with Gasteiger partial charge in [-0.1, -0.05) is 6.07 Å². The maximum Gasteiger partial charge on any atom is 0.263 e. The Hall–Kier alpha value is -3.70. The number of amides is 2. The number of thiocarbonyl (C=S) groups is 1. The second-order valence-corrected chi connectivity index (χ2v) is 9.90. The number of aromatic amines is 1. The Morgan fingerprint density at radius 3 is 2.71 bits per heavy atom. The number of aromatic nitrogens is 3. The normalized spacial score (nSPS) is 15.3. The molecule has 2 aromatic heterocycles. The lowest BCUT2D eigenvalue weighted by Gasteiger charge is -2.29. The summed E-state index contributed by atoms with van der Waals surface area (Å²) in [6.07, 6.45) is 1.70. The van der Waals surface area contributed by atoms with E-state index in [1.165, 1.54) is 22.3 Å². The average molecular weight is 509 g/mol. The number of nitrogens with one attached hydrogen (secondary N) is 2. The Bertz CT molecular complexity index is 1490. The van der Waals surface area contributed by atoms with Crippen LogP contribution in [-0.2, 0) is 11.3 Å². The molecule has 1 aliphatic heterocycles. The fourth-order valence-corrected chi connectivity index (χ4v) is 5.36. The van der Waals surface area contributed by atoms with Gasteiger partial charge in [-0.05, 0) is 63.3 Å². The summed E-state index contributed by atoms with van der Waals surface area (Å²) < 4.78 is 15.1. The number of nitrogens with zero attached hydrogens (tertiary/aromatic N) is 4. The van der Waals surface area contributed by atoms with Gasteiger partial charge in [-0.3, -0.25) is 19.6 Å². The van der Waals surface area contributed by atoms with Gasteiger partial charge < -0.3 is 10.2 Å². The van der Waals surface area contributed by atoms with E-state index < -0.39 is 11.4 Å². The van der Waals surface area contributed by atoms with Gasteiger partial charge in [-0.25, -0.2) is 9.37 Å². The van der Waals surface area contributed by atoms with Crippen molar-refractivity contribution >= 4 is 62.8 Å². The van der Waals surface area contributed by atoms with Crippen molar-refractivity contribution in [1.82, 2.24) is 20.5 Å². The van der Waals surface area contributed by atoms with Crippen molar-refractivity contribution in [3.8, 4) is 0 Å². The summed E-state index contributed by atoms with van der Waals surface area (Å²) in [6.45, 7) is 5.27. The molecule has 0 bridgehead atoms. The highest BCUT2D eigenvalue weighted by atomic mass is 32.1. The van der Waals surface area contributed by atoms with Gasteiger partial charge >= 0.3 is 0 Å². The van der Waals surface area contributed by atoms with E-state index in [2.05, 4.69) is 20.5 Å². The number of fused-ring (bicyclic) bond motifs is 1. The highest BCUT2D eigenvalue weighted by molar-refractivity contribution is 7.81. The number of thiazole rings is 1. The first kappa shape index (κ1) is 23.1. The first-order valence-corrected chi connectivity index (χ1v) is 12.1. The number of hydrogen-bond acceptors (Lipinski definition) is 6. The fourth-order valence-electron chi connectivity index (χ4n) is 4.11. The third kappa shape index (κ3) is 3.86. The molecule has 1 saturated heterocycles. The molecule has 2 amide bonds. The molecule has 2 aromatic carbocycles. The largest absolute Gasteiger partial charge is 0.347 e. The standard InChI is InChI=1S/C24H21FN6O2S2/c1-13-20(35-12-27-13)21(32)26-10-14-4-7-17(8-18(14)25)31-23(34)30(22(33)24(31,2)3)16-6-5-15-11-28-29-19(15)9-16/h4-9,11-12H,10H2,1-3H3,(H,26,32)(H,28,29). The molecule has 1 aliphatic rings. The number of H-pyrrole nitrogens is 1. The summed E-state index contributed by atoms with van der Waals surface area (Å²) in [6, 6.07) is 10.1. The summed E-state index contributed by atoms with van der Waals surface area (Å²) in [4.78, 5) is 33.4. The minimum absolute atomic E-state index is 0.0192. The van der Waals surface area contributed by atoms with Gasteiger partial charge in [0.25, 0.3) is 11.8 Å². The number of anilines is 2. The van der Waals surface area contributed by atoms with Gasteiger partial charge in [0.05, 0.1) is 28.6 Å². The molecule has 0 aliphatic carbocycles. The van der Waals surface area contributed by atoms with Crippen molar-refractivity contribution in [1.29, 1.82) is 0 Å². The Morgan fingerprint density at radius 1 is 1.23 bits per heavy atom. The SMILES string of the molecule is Cc1ncsc1C(=O)NCc1ccc(N2C(=S)N(c3ccc4cn[nH]c4c3)C(=O)C2(C)C)cc1F. The topological polar surface area (TPSA) is 94.2 Å². The van der Waals surface area contributed by atoms with Gasteiger partial charge in [-0.15, -0.1) is 11.3 Å². The molecule has 11 heteroatoms. The van der Waals surface area contributed by atoms with Crippen LogP contribution in [0, 0.1) is 12.7 Å². The van der Waals surface area contributed by atoms with Crippen LogP contribution in [0.3, 0.4) is 0 Å². The first-order valence-electron chi connectivity index (χ1n) is 10.8. The molecular weight excluding hydrogens is 487 g/mol. The molecular formula is C24H21FN6O2S2. The Balaban J connectivity index is 1.40. The number of carbonyl (C=O) groups excluding carboxylic acids is 2. The molecule has 35 heavy (non-hydrogen) atoms.